The first-order chi connectivity index (χ1) is 10.2. The Hall–Kier alpha value is -2.30. The van der Waals surface area contributed by atoms with Crippen LogP contribution in [-0.4, -0.2) is 29.6 Å². The lowest BCUT2D eigenvalue weighted by atomic mass is 10.1. The topological polar surface area (TPSA) is 74.7 Å². The highest BCUT2D eigenvalue weighted by Crippen LogP contribution is 2.22. The molecule has 0 spiro atoms. The average molecular weight is 286 g/mol. The second-order valence-electron chi connectivity index (χ2n) is 5.16. The zero-order valence-corrected chi connectivity index (χ0v) is 12.6. The number of anilines is 1. The molecule has 0 bridgehead atoms. The van der Waals surface area contributed by atoms with Gasteiger partial charge in [0.25, 0.3) is 0 Å². The van der Waals surface area contributed by atoms with Crippen LogP contribution in [-0.2, 0) is 0 Å². The number of rotatable bonds is 6. The van der Waals surface area contributed by atoms with Crippen molar-refractivity contribution in [3.63, 3.8) is 0 Å². The van der Waals surface area contributed by atoms with Crippen LogP contribution in [0.1, 0.15) is 31.7 Å². The minimum Gasteiger partial charge on any atom is -0.409 e. The van der Waals surface area contributed by atoms with Crippen LogP contribution in [0.4, 0.5) is 5.82 Å². The van der Waals surface area contributed by atoms with E-state index in [-0.39, 0.29) is 5.84 Å². The van der Waals surface area contributed by atoms with Crippen molar-refractivity contribution in [3.8, 4) is 0 Å². The Balaban J connectivity index is 2.41. The molecule has 1 aromatic heterocycles. The van der Waals surface area contributed by atoms with Crippen molar-refractivity contribution < 1.29 is 5.21 Å². The van der Waals surface area contributed by atoms with Crippen LogP contribution in [0, 0.1) is 0 Å². The van der Waals surface area contributed by atoms with Gasteiger partial charge in [-0.05, 0) is 18.6 Å². The smallest absolute Gasteiger partial charge is 0.170 e. The summed E-state index contributed by atoms with van der Waals surface area (Å²) in [5.41, 5.74) is 7.36. The number of oxime groups is 1. The number of fused-ring (bicyclic) bond motifs is 1. The molecule has 0 fully saturated rings. The summed E-state index contributed by atoms with van der Waals surface area (Å²) in [6.45, 7) is 3.12. The monoisotopic (exact) mass is 286 g/mol. The molecule has 0 atom stereocenters. The van der Waals surface area contributed by atoms with Gasteiger partial charge in [0, 0.05) is 24.5 Å². The lowest BCUT2D eigenvalue weighted by Crippen LogP contribution is -2.21. The molecule has 0 saturated carbocycles. The van der Waals surface area contributed by atoms with Gasteiger partial charge in [-0.25, -0.2) is 4.98 Å². The molecule has 2 rings (SSSR count). The van der Waals surface area contributed by atoms with E-state index in [9.17, 15) is 0 Å². The van der Waals surface area contributed by atoms with E-state index in [1.165, 1.54) is 12.8 Å². The van der Waals surface area contributed by atoms with Gasteiger partial charge in [-0.1, -0.05) is 43.1 Å². The second kappa shape index (κ2) is 6.92. The van der Waals surface area contributed by atoms with E-state index in [0.29, 0.717) is 5.56 Å². The highest BCUT2D eigenvalue weighted by Gasteiger charge is 2.11. The molecule has 1 aromatic carbocycles. The molecule has 5 heteroatoms. The van der Waals surface area contributed by atoms with Gasteiger partial charge in [0.1, 0.15) is 5.82 Å². The number of nitrogens with zero attached hydrogens (tertiary/aromatic N) is 3. The Morgan fingerprint density at radius 2 is 2.10 bits per heavy atom. The number of unbranched alkanes of at least 4 members (excludes halogenated alkanes) is 2. The number of nitrogens with two attached hydrogens (primary N) is 1. The van der Waals surface area contributed by atoms with E-state index in [1.807, 2.05) is 37.4 Å². The third-order valence-electron chi connectivity index (χ3n) is 3.57. The molecule has 0 aliphatic heterocycles. The molecule has 2 aromatic rings. The lowest BCUT2D eigenvalue weighted by molar-refractivity contribution is 0.318. The Morgan fingerprint density at radius 1 is 1.33 bits per heavy atom. The fourth-order valence-electron chi connectivity index (χ4n) is 2.34. The van der Waals surface area contributed by atoms with Crippen molar-refractivity contribution in [1.29, 1.82) is 0 Å². The Bertz CT molecular complexity index is 639. The molecule has 0 amide bonds. The summed E-state index contributed by atoms with van der Waals surface area (Å²) in [5.74, 6) is 0.947. The largest absolute Gasteiger partial charge is 0.409 e. The Kier molecular flexibility index (Phi) is 4.98. The summed E-state index contributed by atoms with van der Waals surface area (Å²) in [6, 6.07) is 9.60. The van der Waals surface area contributed by atoms with Crippen LogP contribution in [0.2, 0.25) is 0 Å². The van der Waals surface area contributed by atoms with Crippen molar-refractivity contribution in [1.82, 2.24) is 4.98 Å². The van der Waals surface area contributed by atoms with Crippen LogP contribution in [0.25, 0.3) is 10.9 Å². The van der Waals surface area contributed by atoms with Crippen molar-refractivity contribution in [2.24, 2.45) is 10.9 Å². The SMILES string of the molecule is CCCCCN(C)c1cc(C(N)=NO)c2ccccc2n1. The van der Waals surface area contributed by atoms with Gasteiger partial charge < -0.3 is 15.8 Å². The molecule has 5 nitrogen and oxygen atoms in total. The molecule has 3 N–H and O–H groups in total. The number of amidine groups is 1. The maximum Gasteiger partial charge on any atom is 0.170 e. The maximum absolute atomic E-state index is 8.98. The molecule has 0 radical (unpaired) electrons. The van der Waals surface area contributed by atoms with Crippen LogP contribution in [0.3, 0.4) is 0 Å². The fourth-order valence-corrected chi connectivity index (χ4v) is 2.34. The fraction of sp³-hybridized carbons (Fsp3) is 0.375. The van der Waals surface area contributed by atoms with Gasteiger partial charge in [0.2, 0.25) is 0 Å². The molecule has 0 unspecified atom stereocenters. The number of para-hydroxylation sites is 1. The summed E-state index contributed by atoms with van der Waals surface area (Å²) in [5, 5.41) is 13.0. The first-order valence-corrected chi connectivity index (χ1v) is 7.26. The number of benzene rings is 1. The molecule has 0 aliphatic rings. The van der Waals surface area contributed by atoms with Gasteiger partial charge in [-0.2, -0.15) is 0 Å². The van der Waals surface area contributed by atoms with Gasteiger partial charge in [-0.3, -0.25) is 0 Å². The van der Waals surface area contributed by atoms with E-state index in [2.05, 4.69) is 22.0 Å². The lowest BCUT2D eigenvalue weighted by Gasteiger charge is -2.19. The Morgan fingerprint density at radius 3 is 2.81 bits per heavy atom. The molecule has 1 heterocycles. The summed E-state index contributed by atoms with van der Waals surface area (Å²) < 4.78 is 0. The minimum absolute atomic E-state index is 0.108. The van der Waals surface area contributed by atoms with Gasteiger partial charge in [0.05, 0.1) is 5.52 Å². The van der Waals surface area contributed by atoms with Crippen LogP contribution in [0.15, 0.2) is 35.5 Å². The summed E-state index contributed by atoms with van der Waals surface area (Å²) in [4.78, 5) is 6.77. The number of hydrogen-bond acceptors (Lipinski definition) is 4. The van der Waals surface area contributed by atoms with E-state index in [4.69, 9.17) is 10.9 Å². The predicted octanol–water partition coefficient (Wildman–Crippen LogP) is 2.96. The van der Waals surface area contributed by atoms with Gasteiger partial charge in [0.15, 0.2) is 5.84 Å². The van der Waals surface area contributed by atoms with E-state index < -0.39 is 0 Å². The summed E-state index contributed by atoms with van der Waals surface area (Å²) in [6.07, 6.45) is 3.51. The molecule has 112 valence electrons. The standard InChI is InChI=1S/C16H22N4O/c1-3-4-7-10-20(2)15-11-13(16(17)19-21)12-8-5-6-9-14(12)18-15/h5-6,8-9,11,21H,3-4,7,10H2,1-2H3,(H2,17,19). The van der Waals surface area contributed by atoms with Crippen molar-refractivity contribution in [2.75, 3.05) is 18.5 Å². The van der Waals surface area contributed by atoms with Crippen molar-refractivity contribution >= 4 is 22.6 Å². The third-order valence-corrected chi connectivity index (χ3v) is 3.57. The van der Waals surface area contributed by atoms with Gasteiger partial charge in [-0.15, -0.1) is 0 Å². The van der Waals surface area contributed by atoms with E-state index >= 15 is 0 Å². The predicted molar refractivity (Wildman–Crippen MR) is 87.0 cm³/mol. The zero-order chi connectivity index (χ0) is 15.2. The summed E-state index contributed by atoms with van der Waals surface area (Å²) >= 11 is 0. The van der Waals surface area contributed by atoms with Crippen LogP contribution in [0.5, 0.6) is 0 Å². The minimum atomic E-state index is 0.108. The normalized spacial score (nSPS) is 11.8. The van der Waals surface area contributed by atoms with E-state index in [1.54, 1.807) is 0 Å². The highest BCUT2D eigenvalue weighted by molar-refractivity contribution is 6.08. The van der Waals surface area contributed by atoms with Gasteiger partial charge >= 0.3 is 0 Å². The quantitative estimate of drug-likeness (QED) is 0.281. The number of pyridine rings is 1. The first kappa shape index (κ1) is 15.1. The first-order valence-electron chi connectivity index (χ1n) is 7.26. The zero-order valence-electron chi connectivity index (χ0n) is 12.6. The average Bonchev–Trinajstić information content (AvgIpc) is 2.53. The van der Waals surface area contributed by atoms with Crippen LogP contribution >= 0.6 is 0 Å². The van der Waals surface area contributed by atoms with Crippen molar-refractivity contribution in [2.45, 2.75) is 26.2 Å². The highest BCUT2D eigenvalue weighted by atomic mass is 16.4. The molecule has 21 heavy (non-hydrogen) atoms. The molecule has 0 aliphatic carbocycles. The molecule has 0 saturated heterocycles. The molecular formula is C16H22N4O. The maximum atomic E-state index is 8.98. The summed E-state index contributed by atoms with van der Waals surface area (Å²) in [7, 11) is 2.02. The molecular weight excluding hydrogens is 264 g/mol. The van der Waals surface area contributed by atoms with E-state index in [0.717, 1.165) is 29.7 Å². The Labute approximate surface area is 125 Å². The van der Waals surface area contributed by atoms with Crippen molar-refractivity contribution in [3.05, 3.63) is 35.9 Å². The number of hydrogen-bond donors (Lipinski definition) is 2. The third kappa shape index (κ3) is 3.42. The number of aromatic nitrogens is 1. The second-order valence-corrected chi connectivity index (χ2v) is 5.16. The van der Waals surface area contributed by atoms with Crippen LogP contribution < -0.4 is 10.6 Å².